The number of benzene rings is 2. The van der Waals surface area contributed by atoms with E-state index in [1.165, 1.54) is 0 Å². The lowest BCUT2D eigenvalue weighted by molar-refractivity contribution is -0.167. The van der Waals surface area contributed by atoms with E-state index in [1.807, 2.05) is 72.7 Å². The van der Waals surface area contributed by atoms with Gasteiger partial charge in [0.2, 0.25) is 11.8 Å². The maximum absolute atomic E-state index is 14.0. The Morgan fingerprint density at radius 2 is 1.66 bits per heavy atom. The van der Waals surface area contributed by atoms with Gasteiger partial charge in [-0.15, -0.1) is 0 Å². The second-order valence-electron chi connectivity index (χ2n) is 14.1. The second kappa shape index (κ2) is 13.3. The van der Waals surface area contributed by atoms with E-state index in [4.69, 9.17) is 32.7 Å². The molecule has 4 rings (SSSR count). The van der Waals surface area contributed by atoms with E-state index in [9.17, 15) is 14.4 Å². The number of amides is 2. The van der Waals surface area contributed by atoms with Crippen LogP contribution in [0.4, 0.5) is 0 Å². The van der Waals surface area contributed by atoms with Gasteiger partial charge in [0, 0.05) is 34.1 Å². The van der Waals surface area contributed by atoms with Gasteiger partial charge in [-0.25, -0.2) is 4.79 Å². The summed E-state index contributed by atoms with van der Waals surface area (Å²) in [7, 11) is 0. The zero-order valence-electron chi connectivity index (χ0n) is 27.0. The van der Waals surface area contributed by atoms with Crippen LogP contribution in [0.25, 0.3) is 0 Å². The number of nitrogens with zero attached hydrogens (tertiary/aromatic N) is 1. The third-order valence-corrected chi connectivity index (χ3v) is 10.2. The molecule has 2 amide bonds. The molecule has 4 atom stereocenters. The Labute approximate surface area is 271 Å². The third kappa shape index (κ3) is 7.37. The van der Waals surface area contributed by atoms with Crippen LogP contribution in [0, 0.1) is 16.7 Å². The lowest BCUT2D eigenvalue weighted by atomic mass is 9.64. The highest BCUT2D eigenvalue weighted by atomic mass is 35.5. The molecule has 1 N–H and O–H groups in total. The van der Waals surface area contributed by atoms with Crippen LogP contribution in [0.2, 0.25) is 10.0 Å². The first kappa shape index (κ1) is 34.1. The molecule has 1 aliphatic heterocycles. The fourth-order valence-electron chi connectivity index (χ4n) is 6.58. The summed E-state index contributed by atoms with van der Waals surface area (Å²) in [5.74, 6) is -0.0756. The molecule has 44 heavy (non-hydrogen) atoms. The summed E-state index contributed by atoms with van der Waals surface area (Å²) >= 11 is 12.5. The van der Waals surface area contributed by atoms with Gasteiger partial charge in [-0.05, 0) is 95.0 Å². The van der Waals surface area contributed by atoms with Crippen LogP contribution >= 0.6 is 23.2 Å². The second-order valence-corrected chi connectivity index (χ2v) is 14.9. The maximum Gasteiger partial charge on any atom is 0.329 e. The van der Waals surface area contributed by atoms with Crippen molar-refractivity contribution in [2.24, 2.45) is 16.7 Å². The summed E-state index contributed by atoms with van der Waals surface area (Å²) in [6.07, 6.45) is 3.21. The van der Waals surface area contributed by atoms with Crippen molar-refractivity contribution < 1.29 is 23.9 Å². The van der Waals surface area contributed by atoms with E-state index in [-0.39, 0.29) is 36.4 Å². The monoisotopic (exact) mass is 644 g/mol. The molecular weight excluding hydrogens is 599 g/mol. The van der Waals surface area contributed by atoms with Gasteiger partial charge in [0.05, 0.1) is 5.41 Å². The summed E-state index contributed by atoms with van der Waals surface area (Å²) in [4.78, 5) is 42.3. The number of hydrogen-bond donors (Lipinski definition) is 1. The number of likely N-dealkylation sites (tertiary alicyclic amines) is 1. The number of nitrogens with one attached hydrogen (secondary N) is 1. The largest absolute Gasteiger partial charge is 0.489 e. The minimum absolute atomic E-state index is 0.0410. The third-order valence-electron chi connectivity index (χ3n) is 9.51. The van der Waals surface area contributed by atoms with Gasteiger partial charge < -0.3 is 19.7 Å². The van der Waals surface area contributed by atoms with E-state index in [1.54, 1.807) is 23.1 Å². The standard InChI is InChI=1S/C35H46Cl2N2O5/c1-22(20-23-13-15-24(16-14-23)43-21-25-27(36)10-8-11-28(25)37)38-30(40)26-17-18-35(7,34(26,5)6)32(42)39-19-9-12-29(39)31(41)44-33(2,3)4/h8,10-11,13-16,22,26,29H,9,12,17-21H2,1-7H3,(H,38,40)/t22-,26-,29+,35+/m1/s1. The van der Waals surface area contributed by atoms with Crippen LogP contribution in [0.15, 0.2) is 42.5 Å². The van der Waals surface area contributed by atoms with Gasteiger partial charge in [-0.3, -0.25) is 9.59 Å². The number of carbonyl (C=O) groups is 3. The van der Waals surface area contributed by atoms with Gasteiger partial charge in [0.1, 0.15) is 24.0 Å². The quantitative estimate of drug-likeness (QED) is 0.288. The normalized spacial score (nSPS) is 23.7. The van der Waals surface area contributed by atoms with Gasteiger partial charge in [-0.1, -0.05) is 62.2 Å². The predicted molar refractivity (Wildman–Crippen MR) is 174 cm³/mol. The minimum Gasteiger partial charge on any atom is -0.489 e. The molecule has 0 unspecified atom stereocenters. The Balaban J connectivity index is 1.34. The number of carbonyl (C=O) groups excluding carboxylic acids is 3. The molecule has 9 heteroatoms. The number of esters is 1. The van der Waals surface area contributed by atoms with Crippen LogP contribution in [-0.2, 0) is 32.1 Å². The van der Waals surface area contributed by atoms with Crippen molar-refractivity contribution in [3.05, 3.63) is 63.6 Å². The Hall–Kier alpha value is -2.77. The van der Waals surface area contributed by atoms with E-state index >= 15 is 0 Å². The number of halogens is 2. The lowest BCUT2D eigenvalue weighted by Crippen LogP contribution is -2.54. The Bertz CT molecular complexity index is 1350. The van der Waals surface area contributed by atoms with Crippen LogP contribution in [0.5, 0.6) is 5.75 Å². The van der Waals surface area contributed by atoms with Crippen molar-refractivity contribution in [1.82, 2.24) is 10.2 Å². The first-order valence-corrected chi connectivity index (χ1v) is 16.3. The highest BCUT2D eigenvalue weighted by Crippen LogP contribution is 2.57. The van der Waals surface area contributed by atoms with Gasteiger partial charge in [-0.2, -0.15) is 0 Å². The first-order chi connectivity index (χ1) is 20.5. The topological polar surface area (TPSA) is 84.9 Å². The summed E-state index contributed by atoms with van der Waals surface area (Å²) < 4.78 is 11.5. The van der Waals surface area contributed by atoms with Gasteiger partial charge >= 0.3 is 5.97 Å². The Morgan fingerprint density at radius 1 is 1.02 bits per heavy atom. The number of ether oxygens (including phenoxy) is 2. The molecule has 7 nitrogen and oxygen atoms in total. The molecule has 0 bridgehead atoms. The van der Waals surface area contributed by atoms with Crippen molar-refractivity contribution in [3.8, 4) is 5.75 Å². The zero-order valence-corrected chi connectivity index (χ0v) is 28.5. The van der Waals surface area contributed by atoms with Gasteiger partial charge in [0.25, 0.3) is 0 Å². The summed E-state index contributed by atoms with van der Waals surface area (Å²) in [5.41, 5.74) is -0.182. The summed E-state index contributed by atoms with van der Waals surface area (Å²) in [5, 5.41) is 4.33. The maximum atomic E-state index is 14.0. The van der Waals surface area contributed by atoms with E-state index in [0.29, 0.717) is 48.0 Å². The molecule has 0 aromatic heterocycles. The molecule has 1 heterocycles. The molecule has 2 fully saturated rings. The van der Waals surface area contributed by atoms with E-state index in [0.717, 1.165) is 17.5 Å². The molecule has 1 saturated heterocycles. The van der Waals surface area contributed by atoms with Crippen LogP contribution < -0.4 is 10.1 Å². The molecule has 1 saturated carbocycles. The number of hydrogen-bond acceptors (Lipinski definition) is 5. The minimum atomic E-state index is -0.771. The molecule has 2 aromatic rings. The smallest absolute Gasteiger partial charge is 0.329 e. The average Bonchev–Trinajstić information content (AvgIpc) is 3.51. The molecular formula is C35H46Cl2N2O5. The zero-order chi connectivity index (χ0) is 32.4. The molecule has 0 radical (unpaired) electrons. The SMILES string of the molecule is C[C@H](Cc1ccc(OCc2c(Cl)cccc2Cl)cc1)NC(=O)[C@H]1CC[C@@](C)(C(=O)N2CCC[C@H]2C(=O)OC(C)(C)C)C1(C)C. The highest BCUT2D eigenvalue weighted by molar-refractivity contribution is 6.35. The van der Waals surface area contributed by atoms with Crippen molar-refractivity contribution in [1.29, 1.82) is 0 Å². The van der Waals surface area contributed by atoms with Crippen molar-refractivity contribution in [2.75, 3.05) is 6.54 Å². The average molecular weight is 646 g/mol. The molecule has 1 aliphatic carbocycles. The van der Waals surface area contributed by atoms with Crippen LogP contribution in [0.3, 0.4) is 0 Å². The summed E-state index contributed by atoms with van der Waals surface area (Å²) in [6, 6.07) is 12.4. The number of rotatable bonds is 9. The highest BCUT2D eigenvalue weighted by Gasteiger charge is 2.60. The van der Waals surface area contributed by atoms with Crippen molar-refractivity contribution in [3.63, 3.8) is 0 Å². The van der Waals surface area contributed by atoms with Crippen LogP contribution in [0.1, 0.15) is 85.3 Å². The van der Waals surface area contributed by atoms with E-state index in [2.05, 4.69) is 5.32 Å². The van der Waals surface area contributed by atoms with E-state index < -0.39 is 22.5 Å². The molecule has 240 valence electrons. The molecule has 2 aliphatic rings. The van der Waals surface area contributed by atoms with Gasteiger partial charge in [0.15, 0.2) is 0 Å². The fraction of sp³-hybridized carbons (Fsp3) is 0.571. The molecule has 2 aromatic carbocycles. The van der Waals surface area contributed by atoms with Crippen LogP contribution in [-0.4, -0.2) is 46.9 Å². The Kier molecular flexibility index (Phi) is 10.3. The predicted octanol–water partition coefficient (Wildman–Crippen LogP) is 7.39. The summed E-state index contributed by atoms with van der Waals surface area (Å²) in [6.45, 7) is 14.3. The Morgan fingerprint density at radius 3 is 2.27 bits per heavy atom. The van der Waals surface area contributed by atoms with Crippen molar-refractivity contribution in [2.45, 2.75) is 105 Å². The lowest BCUT2D eigenvalue weighted by Gasteiger charge is -2.43. The van der Waals surface area contributed by atoms with Crippen molar-refractivity contribution >= 4 is 41.0 Å². The first-order valence-electron chi connectivity index (χ1n) is 15.5. The fourth-order valence-corrected chi connectivity index (χ4v) is 7.09. The molecule has 0 spiro atoms.